The van der Waals surface area contributed by atoms with Gasteiger partial charge in [0.1, 0.15) is 5.69 Å². The molecule has 0 aliphatic carbocycles. The molecule has 2 aromatic heterocycles. The average Bonchev–Trinajstić information content (AvgIpc) is 2.76. The highest BCUT2D eigenvalue weighted by Gasteiger charge is 2.22. The van der Waals surface area contributed by atoms with E-state index in [4.69, 9.17) is 0 Å². The van der Waals surface area contributed by atoms with Crippen LogP contribution in [0.4, 0.5) is 0 Å². The van der Waals surface area contributed by atoms with Crippen LogP contribution in [-0.2, 0) is 6.42 Å². The summed E-state index contributed by atoms with van der Waals surface area (Å²) in [5.41, 5.74) is 1.97. The second-order valence-electron chi connectivity index (χ2n) is 7.00. The zero-order valence-corrected chi connectivity index (χ0v) is 15.9. The molecule has 1 amide bonds. The van der Waals surface area contributed by atoms with Gasteiger partial charge in [-0.05, 0) is 30.3 Å². The van der Waals surface area contributed by atoms with Gasteiger partial charge >= 0.3 is 0 Å². The van der Waals surface area contributed by atoms with Crippen LogP contribution in [-0.4, -0.2) is 63.6 Å². The van der Waals surface area contributed by atoms with Gasteiger partial charge in [-0.3, -0.25) is 14.6 Å². The predicted molar refractivity (Wildman–Crippen MR) is 107 cm³/mol. The van der Waals surface area contributed by atoms with Gasteiger partial charge in [-0.25, -0.2) is 5.10 Å². The number of amides is 1. The largest absolute Gasteiger partial charge is 0.335 e. The molecule has 0 saturated carbocycles. The molecule has 144 valence electrons. The second kappa shape index (κ2) is 7.90. The van der Waals surface area contributed by atoms with E-state index in [-0.39, 0.29) is 11.5 Å². The normalized spacial score (nSPS) is 15.1. The third-order valence-electron chi connectivity index (χ3n) is 5.30. The molecule has 3 heterocycles. The number of pyridine rings is 1. The van der Waals surface area contributed by atoms with Crippen LogP contribution in [0.3, 0.4) is 0 Å². The monoisotopic (exact) mass is 377 g/mol. The lowest BCUT2D eigenvalue weighted by atomic mass is 10.0. The van der Waals surface area contributed by atoms with Crippen LogP contribution in [0.2, 0.25) is 0 Å². The Bertz CT molecular complexity index is 1050. The quantitative estimate of drug-likeness (QED) is 0.748. The minimum Gasteiger partial charge on any atom is -0.335 e. The summed E-state index contributed by atoms with van der Waals surface area (Å²) in [5, 5.41) is 8.23. The Labute approximate surface area is 163 Å². The van der Waals surface area contributed by atoms with Gasteiger partial charge < -0.3 is 9.80 Å². The minimum atomic E-state index is -0.198. The summed E-state index contributed by atoms with van der Waals surface area (Å²) in [6.07, 6.45) is 2.18. The molecule has 28 heavy (non-hydrogen) atoms. The highest BCUT2D eigenvalue weighted by Crippen LogP contribution is 2.17. The minimum absolute atomic E-state index is 0.0307. The summed E-state index contributed by atoms with van der Waals surface area (Å²) in [6, 6.07) is 11.1. The number of piperazine rings is 1. The molecule has 1 aromatic carbocycles. The maximum Gasteiger partial charge on any atom is 0.272 e. The number of carbonyl (C=O) groups is 1. The van der Waals surface area contributed by atoms with E-state index in [9.17, 15) is 9.59 Å². The number of H-pyrrole nitrogens is 1. The summed E-state index contributed by atoms with van der Waals surface area (Å²) in [4.78, 5) is 33.3. The number of aromatic nitrogens is 3. The van der Waals surface area contributed by atoms with Crippen LogP contribution < -0.4 is 5.56 Å². The zero-order chi connectivity index (χ0) is 19.5. The Morgan fingerprint density at radius 2 is 1.86 bits per heavy atom. The second-order valence-corrected chi connectivity index (χ2v) is 7.00. The van der Waals surface area contributed by atoms with Crippen molar-refractivity contribution < 1.29 is 4.79 Å². The molecule has 1 N–H and O–H groups in total. The number of benzene rings is 1. The van der Waals surface area contributed by atoms with E-state index in [1.165, 1.54) is 0 Å². The smallest absolute Gasteiger partial charge is 0.272 e. The summed E-state index contributed by atoms with van der Waals surface area (Å²) >= 11 is 0. The van der Waals surface area contributed by atoms with Gasteiger partial charge in [0, 0.05) is 44.2 Å². The molecule has 7 nitrogen and oxygen atoms in total. The molecule has 0 radical (unpaired) electrons. The van der Waals surface area contributed by atoms with E-state index < -0.39 is 0 Å². The molecule has 0 unspecified atom stereocenters. The van der Waals surface area contributed by atoms with Gasteiger partial charge in [0.2, 0.25) is 0 Å². The van der Waals surface area contributed by atoms with Crippen LogP contribution in [0.1, 0.15) is 28.7 Å². The number of carbonyl (C=O) groups excluding carboxylic acids is 1. The highest BCUT2D eigenvalue weighted by atomic mass is 16.2. The molecular weight excluding hydrogens is 354 g/mol. The van der Waals surface area contributed by atoms with E-state index in [2.05, 4.69) is 27.0 Å². The average molecular weight is 377 g/mol. The Kier molecular flexibility index (Phi) is 5.16. The summed E-state index contributed by atoms with van der Waals surface area (Å²) < 4.78 is 0. The van der Waals surface area contributed by atoms with Crippen LogP contribution in [0.5, 0.6) is 0 Å². The van der Waals surface area contributed by atoms with Crippen molar-refractivity contribution in [2.75, 3.05) is 32.7 Å². The van der Waals surface area contributed by atoms with E-state index in [1.54, 1.807) is 12.3 Å². The number of hydrogen-bond acceptors (Lipinski definition) is 5. The maximum absolute atomic E-state index is 12.8. The van der Waals surface area contributed by atoms with Crippen LogP contribution in [0.15, 0.2) is 47.4 Å². The number of rotatable bonds is 4. The Balaban J connectivity index is 1.56. The van der Waals surface area contributed by atoms with Gasteiger partial charge in [0.15, 0.2) is 0 Å². The van der Waals surface area contributed by atoms with Crippen molar-refractivity contribution in [3.05, 3.63) is 69.9 Å². The number of aromatic amines is 1. The third kappa shape index (κ3) is 3.66. The molecule has 0 bridgehead atoms. The molecule has 3 aromatic rings. The van der Waals surface area contributed by atoms with Gasteiger partial charge in [0.05, 0.1) is 11.1 Å². The molecule has 1 saturated heterocycles. The molecule has 1 aliphatic heterocycles. The lowest BCUT2D eigenvalue weighted by Crippen LogP contribution is -2.48. The fourth-order valence-corrected chi connectivity index (χ4v) is 3.63. The van der Waals surface area contributed by atoms with Crippen molar-refractivity contribution >= 4 is 16.7 Å². The standard InChI is InChI=1S/C21H23N5O2/c1-2-25-9-11-26(12-10-25)21(28)19-14-15(7-8-22-19)13-18-16-5-3-4-6-17(16)20(27)24-23-18/h3-8,14H,2,9-13H2,1H3,(H,24,27). The fraction of sp³-hybridized carbons (Fsp3) is 0.333. The number of fused-ring (bicyclic) bond motifs is 1. The van der Waals surface area contributed by atoms with Gasteiger partial charge in [-0.15, -0.1) is 0 Å². The number of nitrogens with zero attached hydrogens (tertiary/aromatic N) is 4. The molecule has 0 spiro atoms. The van der Waals surface area contributed by atoms with Crippen molar-refractivity contribution in [3.8, 4) is 0 Å². The Morgan fingerprint density at radius 3 is 2.61 bits per heavy atom. The highest BCUT2D eigenvalue weighted by molar-refractivity contribution is 5.92. The molecular formula is C21H23N5O2. The van der Waals surface area contributed by atoms with Crippen molar-refractivity contribution in [1.29, 1.82) is 0 Å². The third-order valence-corrected chi connectivity index (χ3v) is 5.30. The zero-order valence-electron chi connectivity index (χ0n) is 15.9. The lowest BCUT2D eigenvalue weighted by Gasteiger charge is -2.33. The van der Waals surface area contributed by atoms with Gasteiger partial charge in [-0.2, -0.15) is 5.10 Å². The van der Waals surface area contributed by atoms with Crippen molar-refractivity contribution in [2.45, 2.75) is 13.3 Å². The number of nitrogens with one attached hydrogen (secondary N) is 1. The number of likely N-dealkylation sites (N-methyl/N-ethyl adjacent to an activating group) is 1. The van der Waals surface area contributed by atoms with E-state index in [0.29, 0.717) is 17.5 Å². The first-order valence-electron chi connectivity index (χ1n) is 9.58. The van der Waals surface area contributed by atoms with Crippen LogP contribution in [0, 0.1) is 0 Å². The van der Waals surface area contributed by atoms with E-state index >= 15 is 0 Å². The molecule has 1 fully saturated rings. The first-order chi connectivity index (χ1) is 13.7. The van der Waals surface area contributed by atoms with E-state index in [0.717, 1.165) is 49.4 Å². The summed E-state index contributed by atoms with van der Waals surface area (Å²) in [6.45, 7) is 6.40. The molecule has 7 heteroatoms. The maximum atomic E-state index is 12.8. The Hall–Kier alpha value is -3.06. The Morgan fingerprint density at radius 1 is 1.11 bits per heavy atom. The summed E-state index contributed by atoms with van der Waals surface area (Å²) in [5.74, 6) is -0.0307. The lowest BCUT2D eigenvalue weighted by molar-refractivity contribution is 0.0637. The van der Waals surface area contributed by atoms with Crippen LogP contribution >= 0.6 is 0 Å². The van der Waals surface area contributed by atoms with Gasteiger partial charge in [0.25, 0.3) is 11.5 Å². The molecule has 0 atom stereocenters. The van der Waals surface area contributed by atoms with Crippen LogP contribution in [0.25, 0.3) is 10.8 Å². The van der Waals surface area contributed by atoms with Gasteiger partial charge in [-0.1, -0.05) is 25.1 Å². The molecule has 1 aliphatic rings. The first-order valence-corrected chi connectivity index (χ1v) is 9.58. The topological polar surface area (TPSA) is 82.2 Å². The SMILES string of the molecule is CCN1CCN(C(=O)c2cc(Cc3n[nH]c(=O)c4ccccc34)ccn2)CC1. The number of hydrogen-bond donors (Lipinski definition) is 1. The predicted octanol–water partition coefficient (Wildman–Crippen LogP) is 1.69. The van der Waals surface area contributed by atoms with E-state index in [1.807, 2.05) is 35.2 Å². The molecule has 4 rings (SSSR count). The van der Waals surface area contributed by atoms with Crippen molar-refractivity contribution in [1.82, 2.24) is 25.0 Å². The van der Waals surface area contributed by atoms with Crippen molar-refractivity contribution in [2.24, 2.45) is 0 Å². The van der Waals surface area contributed by atoms with Crippen molar-refractivity contribution in [3.63, 3.8) is 0 Å². The fourth-order valence-electron chi connectivity index (χ4n) is 3.63. The summed E-state index contributed by atoms with van der Waals surface area (Å²) in [7, 11) is 0. The first kappa shape index (κ1) is 18.3.